The van der Waals surface area contributed by atoms with Crippen LogP contribution in [0.5, 0.6) is 0 Å². The molecule has 1 aliphatic rings. The number of halogens is 1. The molecule has 10 nitrogen and oxygen atoms in total. The fourth-order valence-electron chi connectivity index (χ4n) is 4.98. The smallest absolute Gasteiger partial charge is 0.257 e. The van der Waals surface area contributed by atoms with Gasteiger partial charge in [-0.25, -0.2) is 9.37 Å². The Balaban J connectivity index is 1.55. The number of carbonyl (C=O) groups excluding carboxylic acids is 2. The minimum atomic E-state index is -1.04. The molecule has 1 aromatic carbocycles. The van der Waals surface area contributed by atoms with Crippen LogP contribution < -0.4 is 16.2 Å². The number of hydrogen-bond acceptors (Lipinski definition) is 7. The number of carbonyl (C=O) groups is 2. The largest absolute Gasteiger partial charge is 0.384 e. The number of methoxy groups -OCH3 is 1. The Morgan fingerprint density at radius 1 is 1.30 bits per heavy atom. The Kier molecular flexibility index (Phi) is 9.41. The van der Waals surface area contributed by atoms with Crippen LogP contribution in [0.3, 0.4) is 0 Å². The van der Waals surface area contributed by atoms with Crippen molar-refractivity contribution in [2.75, 3.05) is 27.0 Å². The molecule has 0 saturated carbocycles. The van der Waals surface area contributed by atoms with Gasteiger partial charge in [-0.1, -0.05) is 6.08 Å². The van der Waals surface area contributed by atoms with Gasteiger partial charge in [0.2, 0.25) is 12.3 Å². The molecular weight excluding hydrogens is 519 g/mol. The zero-order valence-electron chi connectivity index (χ0n) is 22.6. The lowest BCUT2D eigenvalue weighted by Crippen LogP contribution is -2.34. The highest BCUT2D eigenvalue weighted by Gasteiger charge is 2.27. The predicted octanol–water partition coefficient (Wildman–Crippen LogP) is 2.40. The first-order chi connectivity index (χ1) is 19.3. The van der Waals surface area contributed by atoms with Gasteiger partial charge in [0.1, 0.15) is 12.5 Å². The van der Waals surface area contributed by atoms with E-state index in [9.17, 15) is 23.9 Å². The molecule has 0 bridgehead atoms. The minimum Gasteiger partial charge on any atom is -0.384 e. The van der Waals surface area contributed by atoms with E-state index in [0.717, 1.165) is 22.9 Å². The molecule has 3 N–H and O–H groups in total. The van der Waals surface area contributed by atoms with E-state index < -0.39 is 6.10 Å². The third kappa shape index (κ3) is 5.96. The number of hydrogen-bond donors (Lipinski definition) is 3. The van der Waals surface area contributed by atoms with Crippen LogP contribution in [0.2, 0.25) is 0 Å². The van der Waals surface area contributed by atoms with E-state index >= 15 is 0 Å². The lowest BCUT2D eigenvalue weighted by molar-refractivity contribution is -0.123. The summed E-state index contributed by atoms with van der Waals surface area (Å²) in [5, 5.41) is 16.1. The van der Waals surface area contributed by atoms with Gasteiger partial charge in [-0.3, -0.25) is 14.4 Å². The third-order valence-electron chi connectivity index (χ3n) is 7.05. The summed E-state index contributed by atoms with van der Waals surface area (Å²) in [5.41, 5.74) is 4.39. The Hall–Kier alpha value is -3.93. The van der Waals surface area contributed by atoms with E-state index in [-0.39, 0.29) is 37.2 Å². The molecular formula is C29H33FN4O6. The second-order valence-corrected chi connectivity index (χ2v) is 9.60. The molecule has 4 rings (SSSR count). The van der Waals surface area contributed by atoms with E-state index in [4.69, 9.17) is 14.5 Å². The summed E-state index contributed by atoms with van der Waals surface area (Å²) in [6.45, 7) is 6.08. The van der Waals surface area contributed by atoms with E-state index in [0.29, 0.717) is 66.0 Å². The number of pyridine rings is 2. The molecule has 11 heteroatoms. The van der Waals surface area contributed by atoms with Crippen molar-refractivity contribution >= 4 is 23.2 Å². The molecule has 0 radical (unpaired) electrons. The molecule has 0 saturated heterocycles. The summed E-state index contributed by atoms with van der Waals surface area (Å²) in [5.74, 6) is -0.701. The Bertz CT molecular complexity index is 1500. The summed E-state index contributed by atoms with van der Waals surface area (Å²) in [7, 11) is 1.49. The maximum atomic E-state index is 15.0. The monoisotopic (exact) mass is 552 g/mol. The Morgan fingerprint density at radius 2 is 2.10 bits per heavy atom. The maximum Gasteiger partial charge on any atom is 0.257 e. The van der Waals surface area contributed by atoms with E-state index in [2.05, 4.69) is 17.2 Å². The number of amides is 2. The van der Waals surface area contributed by atoms with Gasteiger partial charge in [-0.15, -0.1) is 6.58 Å². The summed E-state index contributed by atoms with van der Waals surface area (Å²) < 4.78 is 27.2. The number of aliphatic hydroxyl groups excluding tert-OH is 1. The number of nitrogens with zero attached hydrogens (tertiary/aromatic N) is 2. The van der Waals surface area contributed by atoms with Crippen LogP contribution in [-0.2, 0) is 38.6 Å². The molecule has 3 heterocycles. The molecule has 1 unspecified atom stereocenters. The summed E-state index contributed by atoms with van der Waals surface area (Å²) in [4.78, 5) is 39.8. The van der Waals surface area contributed by atoms with Gasteiger partial charge in [0.25, 0.3) is 5.56 Å². The van der Waals surface area contributed by atoms with Crippen LogP contribution in [0.15, 0.2) is 35.6 Å². The molecule has 3 aromatic rings. The number of nitrogens with one attached hydrogen (secondary N) is 2. The van der Waals surface area contributed by atoms with Gasteiger partial charge in [0.05, 0.1) is 42.7 Å². The van der Waals surface area contributed by atoms with Crippen molar-refractivity contribution in [2.45, 2.75) is 45.4 Å². The van der Waals surface area contributed by atoms with Gasteiger partial charge in [0, 0.05) is 36.3 Å². The lowest BCUT2D eigenvalue weighted by atomic mass is 9.95. The first-order valence-corrected chi connectivity index (χ1v) is 13.0. The van der Waals surface area contributed by atoms with Crippen LogP contribution in [0.25, 0.3) is 22.3 Å². The number of rotatable bonds is 14. The van der Waals surface area contributed by atoms with E-state index in [1.807, 2.05) is 6.07 Å². The fraction of sp³-hybridized carbons (Fsp3) is 0.379. The van der Waals surface area contributed by atoms with Crippen molar-refractivity contribution in [3.63, 3.8) is 0 Å². The lowest BCUT2D eigenvalue weighted by Gasteiger charge is -2.15. The van der Waals surface area contributed by atoms with Gasteiger partial charge >= 0.3 is 0 Å². The van der Waals surface area contributed by atoms with Crippen molar-refractivity contribution < 1.29 is 28.6 Å². The van der Waals surface area contributed by atoms with Crippen molar-refractivity contribution in [1.82, 2.24) is 20.2 Å². The van der Waals surface area contributed by atoms with Crippen molar-refractivity contribution in [2.24, 2.45) is 0 Å². The predicted molar refractivity (Wildman–Crippen MR) is 147 cm³/mol. The Morgan fingerprint density at radius 3 is 2.83 bits per heavy atom. The normalized spacial score (nSPS) is 12.6. The number of ether oxygens (including phenoxy) is 2. The van der Waals surface area contributed by atoms with Gasteiger partial charge in [-0.05, 0) is 55.0 Å². The summed E-state index contributed by atoms with van der Waals surface area (Å²) in [6.07, 6.45) is 2.77. The van der Waals surface area contributed by atoms with E-state index in [1.54, 1.807) is 17.6 Å². The zero-order chi connectivity index (χ0) is 28.8. The molecule has 1 aliphatic heterocycles. The number of benzene rings is 1. The first-order valence-electron chi connectivity index (χ1n) is 13.0. The van der Waals surface area contributed by atoms with Crippen LogP contribution in [0.1, 0.15) is 46.8 Å². The quantitative estimate of drug-likeness (QED) is 0.0947. The first kappa shape index (κ1) is 29.1. The van der Waals surface area contributed by atoms with Crippen LogP contribution >= 0.6 is 0 Å². The molecule has 2 amide bonds. The van der Waals surface area contributed by atoms with Crippen LogP contribution in [0, 0.1) is 12.7 Å². The molecule has 0 aliphatic carbocycles. The summed E-state index contributed by atoms with van der Waals surface area (Å²) in [6, 6.07) is 5.13. The van der Waals surface area contributed by atoms with Gasteiger partial charge in [-0.2, -0.15) is 0 Å². The highest BCUT2D eigenvalue weighted by Crippen LogP contribution is 2.36. The number of fused-ring (bicyclic) bond motifs is 4. The van der Waals surface area contributed by atoms with Crippen molar-refractivity contribution in [3.05, 3.63) is 74.8 Å². The van der Waals surface area contributed by atoms with Crippen molar-refractivity contribution in [1.29, 1.82) is 0 Å². The summed E-state index contributed by atoms with van der Waals surface area (Å²) >= 11 is 0. The minimum absolute atomic E-state index is 0.0366. The molecule has 212 valence electrons. The molecule has 0 fully saturated rings. The standard InChI is InChI=1S/C29H33FN4O6/c1-4-26(36)21-10-25-28-18(13-34(25)29(38)22(21)14-39-3)9-20-19(17(2)23(30)11-24(20)33-28)7-5-6-8-40-16-32-27(37)12-31-15-35/h4,9-11,15,26,36H,1,5-8,12-14,16H2,2-3H3,(H,31,35)(H,32,37). The zero-order valence-corrected chi connectivity index (χ0v) is 22.6. The SMILES string of the molecule is C=CC(O)c1cc2n(c(=O)c1COC)Cc1cc3c(CCCCOCNC(=O)CNC=O)c(C)c(F)cc3nc1-2. The fourth-order valence-corrected chi connectivity index (χ4v) is 4.98. The van der Waals surface area contributed by atoms with Gasteiger partial charge in [0.15, 0.2) is 0 Å². The topological polar surface area (TPSA) is 132 Å². The average Bonchev–Trinajstić information content (AvgIpc) is 3.30. The average molecular weight is 553 g/mol. The molecule has 1 atom stereocenters. The number of aryl methyl sites for hydroxylation is 1. The number of aromatic nitrogens is 2. The third-order valence-corrected chi connectivity index (χ3v) is 7.05. The highest BCUT2D eigenvalue weighted by atomic mass is 19.1. The number of unbranched alkanes of at least 4 members (excludes halogenated alkanes) is 1. The molecule has 40 heavy (non-hydrogen) atoms. The molecule has 0 spiro atoms. The van der Waals surface area contributed by atoms with E-state index in [1.165, 1.54) is 19.3 Å². The van der Waals surface area contributed by atoms with Crippen LogP contribution in [-0.4, -0.2) is 54.0 Å². The second-order valence-electron chi connectivity index (χ2n) is 9.60. The highest BCUT2D eigenvalue weighted by molar-refractivity contribution is 5.88. The van der Waals surface area contributed by atoms with Gasteiger partial charge < -0.3 is 29.8 Å². The number of aliphatic hydroxyl groups is 1. The van der Waals surface area contributed by atoms with Crippen LogP contribution in [0.4, 0.5) is 4.39 Å². The maximum absolute atomic E-state index is 15.0. The molecule has 2 aromatic heterocycles. The van der Waals surface area contributed by atoms with Crippen molar-refractivity contribution in [3.8, 4) is 11.4 Å². The second kappa shape index (κ2) is 12.9. The Labute approximate surface area is 230 Å².